The molecular weight excluding hydrogens is 292 g/mol. The molecule has 1 aromatic rings. The van der Waals surface area contributed by atoms with Crippen LogP contribution in [-0.2, 0) is 14.4 Å². The van der Waals surface area contributed by atoms with Crippen LogP contribution in [0, 0.1) is 23.7 Å². The molecule has 4 aliphatic rings. The van der Waals surface area contributed by atoms with Gasteiger partial charge in [-0.25, -0.2) is 0 Å². The Hall–Kier alpha value is -2.43. The maximum Gasteiger partial charge on any atom is 0.238 e. The number of rotatable bonds is 2. The first-order chi connectivity index (χ1) is 11.1. The van der Waals surface area contributed by atoms with E-state index in [-0.39, 0.29) is 41.4 Å². The molecular formula is C18H18N2O3. The molecule has 5 rings (SSSR count). The molecule has 1 saturated carbocycles. The van der Waals surface area contributed by atoms with E-state index in [9.17, 15) is 14.4 Å². The predicted molar refractivity (Wildman–Crippen MR) is 85.6 cm³/mol. The van der Waals surface area contributed by atoms with Crippen LogP contribution in [0.25, 0.3) is 0 Å². The highest BCUT2D eigenvalue weighted by atomic mass is 16.2. The first-order valence-electron chi connectivity index (χ1n) is 8.00. The van der Waals surface area contributed by atoms with Crippen LogP contribution in [0.1, 0.15) is 19.8 Å². The molecule has 2 bridgehead atoms. The van der Waals surface area contributed by atoms with Gasteiger partial charge in [0.05, 0.1) is 17.5 Å². The minimum absolute atomic E-state index is 0.0775. The van der Waals surface area contributed by atoms with E-state index in [4.69, 9.17) is 0 Å². The highest BCUT2D eigenvalue weighted by Gasteiger charge is 2.56. The largest absolute Gasteiger partial charge is 0.326 e. The average molecular weight is 310 g/mol. The number of nitrogens with zero attached hydrogens (tertiary/aromatic N) is 1. The minimum atomic E-state index is -0.193. The van der Waals surface area contributed by atoms with E-state index in [0.29, 0.717) is 11.4 Å². The van der Waals surface area contributed by atoms with Gasteiger partial charge < -0.3 is 5.32 Å². The van der Waals surface area contributed by atoms with Gasteiger partial charge in [0.25, 0.3) is 0 Å². The van der Waals surface area contributed by atoms with E-state index in [0.717, 1.165) is 12.8 Å². The fourth-order valence-corrected chi connectivity index (χ4v) is 4.23. The lowest BCUT2D eigenvalue weighted by Crippen LogP contribution is -2.38. The average Bonchev–Trinajstić information content (AvgIpc) is 2.83. The Morgan fingerprint density at radius 1 is 1.00 bits per heavy atom. The first-order valence-corrected chi connectivity index (χ1v) is 8.00. The molecule has 23 heavy (non-hydrogen) atoms. The maximum atomic E-state index is 12.8. The lowest BCUT2D eigenvalue weighted by Gasteiger charge is -2.38. The van der Waals surface area contributed by atoms with Gasteiger partial charge in [0.15, 0.2) is 0 Å². The number of hydrogen-bond donors (Lipinski definition) is 1. The molecule has 3 amide bonds. The Labute approximate surface area is 134 Å². The molecule has 5 heteroatoms. The van der Waals surface area contributed by atoms with Crippen LogP contribution >= 0.6 is 0 Å². The molecule has 4 atom stereocenters. The molecule has 1 aliphatic heterocycles. The van der Waals surface area contributed by atoms with Crippen LogP contribution in [0.3, 0.4) is 0 Å². The molecule has 0 radical (unpaired) electrons. The predicted octanol–water partition coefficient (Wildman–Crippen LogP) is 2.35. The van der Waals surface area contributed by atoms with Crippen molar-refractivity contribution in [3.63, 3.8) is 0 Å². The zero-order chi connectivity index (χ0) is 16.1. The van der Waals surface area contributed by atoms with E-state index in [2.05, 4.69) is 17.5 Å². The smallest absolute Gasteiger partial charge is 0.238 e. The zero-order valence-corrected chi connectivity index (χ0v) is 12.9. The summed E-state index contributed by atoms with van der Waals surface area (Å²) >= 11 is 0. The standard InChI is InChI=1S/C18H18N2O3/c1-10(21)19-13-6-8-14(9-7-13)20-17(22)15-11-2-3-12(5-4-11)16(15)18(20)23/h2-3,6-9,11-12,15-16H,4-5H2,1H3,(H,19,21)/t11-,12-,15-,16-/m1/s1. The minimum Gasteiger partial charge on any atom is -0.326 e. The molecule has 1 saturated heterocycles. The van der Waals surface area contributed by atoms with E-state index in [1.165, 1.54) is 11.8 Å². The third-order valence-corrected chi connectivity index (χ3v) is 5.21. The monoisotopic (exact) mass is 310 g/mol. The second kappa shape index (κ2) is 5.05. The van der Waals surface area contributed by atoms with Crippen molar-refractivity contribution in [1.82, 2.24) is 0 Å². The molecule has 0 unspecified atom stereocenters. The lowest BCUT2D eigenvalue weighted by atomic mass is 9.63. The van der Waals surface area contributed by atoms with Gasteiger partial charge in [0.2, 0.25) is 17.7 Å². The summed E-state index contributed by atoms with van der Waals surface area (Å²) < 4.78 is 0. The number of benzene rings is 1. The van der Waals surface area contributed by atoms with Crippen LogP contribution in [0.4, 0.5) is 11.4 Å². The van der Waals surface area contributed by atoms with Crippen LogP contribution in [0.5, 0.6) is 0 Å². The van der Waals surface area contributed by atoms with Crippen molar-refractivity contribution < 1.29 is 14.4 Å². The molecule has 1 aromatic carbocycles. The molecule has 3 aliphatic carbocycles. The van der Waals surface area contributed by atoms with E-state index < -0.39 is 0 Å². The van der Waals surface area contributed by atoms with Crippen molar-refractivity contribution in [2.24, 2.45) is 23.7 Å². The van der Waals surface area contributed by atoms with Gasteiger partial charge >= 0.3 is 0 Å². The SMILES string of the molecule is CC(=O)Nc1ccc(N2C(=O)[C@H]3[C@H](C2=O)[C@@H]2C=C[C@@H]3CC2)cc1. The Morgan fingerprint density at radius 2 is 1.52 bits per heavy atom. The quantitative estimate of drug-likeness (QED) is 0.673. The number of carbonyl (C=O) groups is 3. The van der Waals surface area contributed by atoms with Gasteiger partial charge in [0.1, 0.15) is 0 Å². The van der Waals surface area contributed by atoms with Crippen molar-refractivity contribution in [3.8, 4) is 0 Å². The Kier molecular flexibility index (Phi) is 3.11. The number of fused-ring (bicyclic) bond motifs is 1. The van der Waals surface area contributed by atoms with E-state index in [1.807, 2.05) is 0 Å². The maximum absolute atomic E-state index is 12.8. The zero-order valence-electron chi connectivity index (χ0n) is 12.9. The Balaban J connectivity index is 1.64. The normalized spacial score (nSPS) is 31.4. The summed E-state index contributed by atoms with van der Waals surface area (Å²) in [6.07, 6.45) is 6.22. The van der Waals surface area contributed by atoms with Crippen LogP contribution in [0.15, 0.2) is 36.4 Å². The number of hydrogen-bond acceptors (Lipinski definition) is 3. The van der Waals surface area contributed by atoms with E-state index >= 15 is 0 Å². The highest BCUT2D eigenvalue weighted by Crippen LogP contribution is 2.50. The molecule has 118 valence electrons. The van der Waals surface area contributed by atoms with Crippen LogP contribution in [0.2, 0.25) is 0 Å². The van der Waals surface area contributed by atoms with Gasteiger partial charge in [-0.1, -0.05) is 12.2 Å². The molecule has 1 heterocycles. The molecule has 1 N–H and O–H groups in total. The number of allylic oxidation sites excluding steroid dienone is 2. The molecule has 0 aromatic heterocycles. The lowest BCUT2D eigenvalue weighted by molar-refractivity contribution is -0.124. The number of anilines is 2. The number of amides is 3. The first kappa shape index (κ1) is 14.2. The van der Waals surface area contributed by atoms with Crippen molar-refractivity contribution in [3.05, 3.63) is 36.4 Å². The Morgan fingerprint density at radius 3 is 1.96 bits per heavy atom. The van der Waals surface area contributed by atoms with Gasteiger partial charge in [-0.15, -0.1) is 0 Å². The summed E-state index contributed by atoms with van der Waals surface area (Å²) in [6.45, 7) is 1.44. The van der Waals surface area contributed by atoms with Crippen molar-refractivity contribution in [1.29, 1.82) is 0 Å². The topological polar surface area (TPSA) is 66.5 Å². The van der Waals surface area contributed by atoms with Crippen LogP contribution in [-0.4, -0.2) is 17.7 Å². The van der Waals surface area contributed by atoms with Gasteiger partial charge in [-0.2, -0.15) is 0 Å². The summed E-state index contributed by atoms with van der Waals surface area (Å²) in [7, 11) is 0. The molecule has 5 nitrogen and oxygen atoms in total. The summed E-state index contributed by atoms with van der Waals surface area (Å²) in [4.78, 5) is 38.0. The summed E-state index contributed by atoms with van der Waals surface area (Å²) in [5.74, 6) is -0.296. The van der Waals surface area contributed by atoms with E-state index in [1.54, 1.807) is 24.3 Å². The van der Waals surface area contributed by atoms with Gasteiger partial charge in [-0.05, 0) is 48.9 Å². The number of carbonyl (C=O) groups excluding carboxylic acids is 3. The summed E-state index contributed by atoms with van der Waals surface area (Å²) in [6, 6.07) is 6.86. The van der Waals surface area contributed by atoms with Crippen molar-refractivity contribution >= 4 is 29.1 Å². The molecule has 2 fully saturated rings. The molecule has 0 spiro atoms. The van der Waals surface area contributed by atoms with Crippen molar-refractivity contribution in [2.45, 2.75) is 19.8 Å². The van der Waals surface area contributed by atoms with Gasteiger partial charge in [-0.3, -0.25) is 19.3 Å². The van der Waals surface area contributed by atoms with Crippen LogP contribution < -0.4 is 10.2 Å². The Bertz CT molecular complexity index is 690. The summed E-state index contributed by atoms with van der Waals surface area (Å²) in [5.41, 5.74) is 1.24. The second-order valence-corrected chi connectivity index (χ2v) is 6.58. The third-order valence-electron chi connectivity index (χ3n) is 5.21. The fraction of sp³-hybridized carbons (Fsp3) is 0.389. The summed E-state index contributed by atoms with van der Waals surface area (Å²) in [5, 5.41) is 2.68. The van der Waals surface area contributed by atoms with Crippen molar-refractivity contribution in [2.75, 3.05) is 10.2 Å². The third kappa shape index (κ3) is 2.11. The fourth-order valence-electron chi connectivity index (χ4n) is 4.23. The number of imide groups is 1. The number of nitrogens with one attached hydrogen (secondary N) is 1. The highest BCUT2D eigenvalue weighted by molar-refractivity contribution is 6.22. The van der Waals surface area contributed by atoms with Gasteiger partial charge in [0, 0.05) is 12.6 Å². The second-order valence-electron chi connectivity index (χ2n) is 6.58.